The van der Waals surface area contributed by atoms with Gasteiger partial charge in [0.25, 0.3) is 0 Å². The van der Waals surface area contributed by atoms with E-state index in [0.29, 0.717) is 11.7 Å². The van der Waals surface area contributed by atoms with Crippen LogP contribution in [0.1, 0.15) is 31.7 Å². The molecule has 0 aliphatic rings. The minimum Gasteiger partial charge on any atom is -0.454 e. The van der Waals surface area contributed by atoms with Crippen LogP contribution in [0.4, 0.5) is 8.78 Å². The standard InChI is InChI=1S/C16H16F2O/c1-3-11(2)12-4-7-14(8-5-12)19-16-9-6-13(17)10-15(16)18/h4-11H,3H2,1-2H3. The van der Waals surface area contributed by atoms with Crippen LogP contribution >= 0.6 is 0 Å². The monoisotopic (exact) mass is 262 g/mol. The number of halogens is 2. The molecular weight excluding hydrogens is 246 g/mol. The first-order valence-corrected chi connectivity index (χ1v) is 6.33. The Hall–Kier alpha value is -1.90. The van der Waals surface area contributed by atoms with Gasteiger partial charge < -0.3 is 4.74 Å². The molecule has 0 amide bonds. The molecule has 0 aliphatic carbocycles. The Bertz CT molecular complexity index is 549. The Kier molecular flexibility index (Phi) is 4.15. The fraction of sp³-hybridized carbons (Fsp3) is 0.250. The van der Waals surface area contributed by atoms with E-state index in [9.17, 15) is 8.78 Å². The molecule has 0 radical (unpaired) electrons. The molecule has 1 unspecified atom stereocenters. The SMILES string of the molecule is CCC(C)c1ccc(Oc2ccc(F)cc2F)cc1. The molecule has 0 saturated heterocycles. The molecule has 0 aromatic heterocycles. The molecule has 3 heteroatoms. The average Bonchev–Trinajstić information content (AvgIpc) is 2.42. The molecule has 1 nitrogen and oxygen atoms in total. The lowest BCUT2D eigenvalue weighted by Crippen LogP contribution is -1.92. The highest BCUT2D eigenvalue weighted by molar-refractivity contribution is 5.34. The third-order valence-electron chi connectivity index (χ3n) is 3.18. The molecular formula is C16H16F2O. The van der Waals surface area contributed by atoms with Gasteiger partial charge in [-0.05, 0) is 42.2 Å². The summed E-state index contributed by atoms with van der Waals surface area (Å²) in [6, 6.07) is 10.8. The van der Waals surface area contributed by atoms with E-state index in [2.05, 4.69) is 13.8 Å². The molecule has 0 spiro atoms. The third-order valence-corrected chi connectivity index (χ3v) is 3.18. The van der Waals surface area contributed by atoms with E-state index in [1.165, 1.54) is 17.7 Å². The highest BCUT2D eigenvalue weighted by Crippen LogP contribution is 2.27. The van der Waals surface area contributed by atoms with E-state index < -0.39 is 11.6 Å². The number of hydrogen-bond donors (Lipinski definition) is 0. The largest absolute Gasteiger partial charge is 0.454 e. The van der Waals surface area contributed by atoms with Crippen LogP contribution in [0.25, 0.3) is 0 Å². The van der Waals surface area contributed by atoms with Gasteiger partial charge in [-0.25, -0.2) is 8.78 Å². The quantitative estimate of drug-likeness (QED) is 0.729. The van der Waals surface area contributed by atoms with Gasteiger partial charge in [-0.3, -0.25) is 0 Å². The lowest BCUT2D eigenvalue weighted by Gasteiger charge is -2.11. The van der Waals surface area contributed by atoms with Crippen LogP contribution in [0.3, 0.4) is 0 Å². The Labute approximate surface area is 111 Å². The second-order valence-corrected chi connectivity index (χ2v) is 4.56. The first-order valence-electron chi connectivity index (χ1n) is 6.33. The van der Waals surface area contributed by atoms with E-state index in [0.717, 1.165) is 12.5 Å². The molecule has 19 heavy (non-hydrogen) atoms. The normalized spacial score (nSPS) is 12.2. The van der Waals surface area contributed by atoms with Crippen molar-refractivity contribution in [3.8, 4) is 11.5 Å². The van der Waals surface area contributed by atoms with E-state index in [4.69, 9.17) is 4.74 Å². The Morgan fingerprint density at radius 2 is 1.74 bits per heavy atom. The molecule has 0 saturated carbocycles. The first kappa shape index (κ1) is 13.5. The zero-order valence-corrected chi connectivity index (χ0v) is 11.0. The van der Waals surface area contributed by atoms with Crippen molar-refractivity contribution in [2.75, 3.05) is 0 Å². The molecule has 0 bridgehead atoms. The van der Waals surface area contributed by atoms with Crippen molar-refractivity contribution in [2.45, 2.75) is 26.2 Å². The highest BCUT2D eigenvalue weighted by Gasteiger charge is 2.07. The molecule has 100 valence electrons. The van der Waals surface area contributed by atoms with Gasteiger partial charge in [0.15, 0.2) is 11.6 Å². The zero-order chi connectivity index (χ0) is 13.8. The van der Waals surface area contributed by atoms with Gasteiger partial charge in [-0.15, -0.1) is 0 Å². The van der Waals surface area contributed by atoms with Crippen LogP contribution in [-0.4, -0.2) is 0 Å². The van der Waals surface area contributed by atoms with Crippen LogP contribution in [0.2, 0.25) is 0 Å². The number of ether oxygens (including phenoxy) is 1. The molecule has 0 aliphatic heterocycles. The zero-order valence-electron chi connectivity index (χ0n) is 11.0. The van der Waals surface area contributed by atoms with Gasteiger partial charge in [0.05, 0.1) is 0 Å². The second kappa shape index (κ2) is 5.83. The number of hydrogen-bond acceptors (Lipinski definition) is 1. The van der Waals surface area contributed by atoms with Gasteiger partial charge in [0.2, 0.25) is 0 Å². The lowest BCUT2D eigenvalue weighted by atomic mass is 9.99. The maximum absolute atomic E-state index is 13.4. The second-order valence-electron chi connectivity index (χ2n) is 4.56. The number of benzene rings is 2. The van der Waals surface area contributed by atoms with E-state index in [-0.39, 0.29) is 5.75 Å². The summed E-state index contributed by atoms with van der Waals surface area (Å²) in [5.41, 5.74) is 1.22. The minimum absolute atomic E-state index is 0.0256. The third kappa shape index (κ3) is 3.31. The molecule has 2 aromatic rings. The van der Waals surface area contributed by atoms with Gasteiger partial charge in [-0.2, -0.15) is 0 Å². The van der Waals surface area contributed by atoms with Crippen molar-refractivity contribution >= 4 is 0 Å². The summed E-state index contributed by atoms with van der Waals surface area (Å²) < 4.78 is 31.6. The molecule has 0 fully saturated rings. The van der Waals surface area contributed by atoms with Crippen molar-refractivity contribution in [1.29, 1.82) is 0 Å². The van der Waals surface area contributed by atoms with Crippen LogP contribution in [-0.2, 0) is 0 Å². The Morgan fingerprint density at radius 3 is 2.32 bits per heavy atom. The van der Waals surface area contributed by atoms with Gasteiger partial charge >= 0.3 is 0 Å². The van der Waals surface area contributed by atoms with Gasteiger partial charge in [-0.1, -0.05) is 26.0 Å². The summed E-state index contributed by atoms with van der Waals surface area (Å²) in [5.74, 6) is -0.269. The summed E-state index contributed by atoms with van der Waals surface area (Å²) in [6.45, 7) is 4.28. The molecule has 0 heterocycles. The predicted octanol–water partition coefficient (Wildman–Crippen LogP) is 5.27. The fourth-order valence-corrected chi connectivity index (χ4v) is 1.79. The van der Waals surface area contributed by atoms with Gasteiger partial charge in [0.1, 0.15) is 11.6 Å². The topological polar surface area (TPSA) is 9.23 Å². The maximum atomic E-state index is 13.4. The average molecular weight is 262 g/mol. The molecule has 2 aromatic carbocycles. The smallest absolute Gasteiger partial charge is 0.168 e. The van der Waals surface area contributed by atoms with E-state index in [1.807, 2.05) is 12.1 Å². The first-order chi connectivity index (χ1) is 9.10. The molecule has 1 atom stereocenters. The predicted molar refractivity (Wildman–Crippen MR) is 71.6 cm³/mol. The van der Waals surface area contributed by atoms with Crippen LogP contribution in [0.5, 0.6) is 11.5 Å². The van der Waals surface area contributed by atoms with Crippen LogP contribution in [0, 0.1) is 11.6 Å². The summed E-state index contributed by atoms with van der Waals surface area (Å²) in [6.07, 6.45) is 1.06. The van der Waals surface area contributed by atoms with Crippen molar-refractivity contribution in [3.63, 3.8) is 0 Å². The van der Waals surface area contributed by atoms with Crippen molar-refractivity contribution in [2.24, 2.45) is 0 Å². The Balaban J connectivity index is 2.15. The van der Waals surface area contributed by atoms with Gasteiger partial charge in [0, 0.05) is 6.07 Å². The Morgan fingerprint density at radius 1 is 1.05 bits per heavy atom. The van der Waals surface area contributed by atoms with Crippen LogP contribution in [0.15, 0.2) is 42.5 Å². The van der Waals surface area contributed by atoms with E-state index in [1.54, 1.807) is 12.1 Å². The van der Waals surface area contributed by atoms with E-state index >= 15 is 0 Å². The lowest BCUT2D eigenvalue weighted by molar-refractivity contribution is 0.437. The van der Waals surface area contributed by atoms with Crippen LogP contribution < -0.4 is 4.74 Å². The summed E-state index contributed by atoms with van der Waals surface area (Å²) in [4.78, 5) is 0. The minimum atomic E-state index is -0.703. The maximum Gasteiger partial charge on any atom is 0.168 e. The van der Waals surface area contributed by atoms with Crippen molar-refractivity contribution in [1.82, 2.24) is 0 Å². The summed E-state index contributed by atoms with van der Waals surface area (Å²) in [5, 5.41) is 0. The fourth-order valence-electron chi connectivity index (χ4n) is 1.79. The van der Waals surface area contributed by atoms with Crippen molar-refractivity contribution in [3.05, 3.63) is 59.7 Å². The summed E-state index contributed by atoms with van der Waals surface area (Å²) >= 11 is 0. The number of rotatable bonds is 4. The summed E-state index contributed by atoms with van der Waals surface area (Å²) in [7, 11) is 0. The molecule has 0 N–H and O–H groups in total. The molecule has 2 rings (SSSR count). The highest BCUT2D eigenvalue weighted by atomic mass is 19.1. The van der Waals surface area contributed by atoms with Crippen molar-refractivity contribution < 1.29 is 13.5 Å².